The molecule has 0 bridgehead atoms. The molecular weight excluding hydrogens is 283 g/mol. The zero-order chi connectivity index (χ0) is 14.9. The molecule has 1 unspecified atom stereocenters. The number of halogens is 2. The molecule has 1 N–H and O–H groups in total. The Morgan fingerprint density at radius 1 is 1.50 bits per heavy atom. The molecule has 1 aromatic carbocycles. The van der Waals surface area contributed by atoms with Crippen molar-refractivity contribution in [3.63, 3.8) is 0 Å². The van der Waals surface area contributed by atoms with Crippen LogP contribution in [0.25, 0.3) is 0 Å². The first-order chi connectivity index (χ1) is 9.28. The minimum absolute atomic E-state index is 0.123. The summed E-state index contributed by atoms with van der Waals surface area (Å²) in [4.78, 5) is 10.5. The minimum atomic E-state index is -0.644. The summed E-state index contributed by atoms with van der Waals surface area (Å²) >= 11 is 5.61. The van der Waals surface area contributed by atoms with Crippen molar-refractivity contribution in [1.82, 2.24) is 0 Å². The standard InChI is InChI=1S/C14H18ClFN2O2/c1-14(2)5-3-4-9(8-14)17-12-7-11(16)10(15)6-13(12)18(19)20/h6-7,9,17H,3-5,8H2,1-2H3. The van der Waals surface area contributed by atoms with Crippen molar-refractivity contribution in [2.24, 2.45) is 5.41 Å². The van der Waals surface area contributed by atoms with Gasteiger partial charge < -0.3 is 5.32 Å². The van der Waals surface area contributed by atoms with E-state index in [9.17, 15) is 14.5 Å². The van der Waals surface area contributed by atoms with Gasteiger partial charge in [-0.2, -0.15) is 0 Å². The van der Waals surface area contributed by atoms with Crippen molar-refractivity contribution < 1.29 is 9.31 Å². The van der Waals surface area contributed by atoms with Crippen molar-refractivity contribution in [2.75, 3.05) is 5.32 Å². The van der Waals surface area contributed by atoms with E-state index in [4.69, 9.17) is 11.6 Å². The highest BCUT2D eigenvalue weighted by molar-refractivity contribution is 6.31. The predicted octanol–water partition coefficient (Wildman–Crippen LogP) is 4.77. The Kier molecular flexibility index (Phi) is 4.18. The first-order valence-electron chi connectivity index (χ1n) is 6.68. The Morgan fingerprint density at radius 2 is 2.20 bits per heavy atom. The molecule has 110 valence electrons. The lowest BCUT2D eigenvalue weighted by Crippen LogP contribution is -2.32. The first kappa shape index (κ1) is 15.0. The highest BCUT2D eigenvalue weighted by atomic mass is 35.5. The maximum absolute atomic E-state index is 13.5. The van der Waals surface area contributed by atoms with E-state index in [0.717, 1.165) is 37.8 Å². The van der Waals surface area contributed by atoms with Gasteiger partial charge in [0.2, 0.25) is 0 Å². The van der Waals surface area contributed by atoms with Gasteiger partial charge in [-0.05, 0) is 24.7 Å². The number of rotatable bonds is 3. The fourth-order valence-electron chi connectivity index (χ4n) is 2.84. The number of nitrogens with zero attached hydrogens (tertiary/aromatic N) is 1. The van der Waals surface area contributed by atoms with Gasteiger partial charge in [-0.1, -0.05) is 31.9 Å². The summed E-state index contributed by atoms with van der Waals surface area (Å²) in [5.41, 5.74) is 0.231. The molecule has 0 amide bonds. The third-order valence-corrected chi connectivity index (χ3v) is 4.09. The van der Waals surface area contributed by atoms with Gasteiger partial charge in [0.25, 0.3) is 5.69 Å². The predicted molar refractivity (Wildman–Crippen MR) is 77.7 cm³/mol. The Balaban J connectivity index is 2.24. The number of benzene rings is 1. The average molecular weight is 301 g/mol. The van der Waals surface area contributed by atoms with E-state index in [0.29, 0.717) is 0 Å². The second-order valence-electron chi connectivity index (χ2n) is 6.14. The molecule has 1 atom stereocenters. The zero-order valence-corrected chi connectivity index (χ0v) is 12.3. The molecule has 0 spiro atoms. The van der Waals surface area contributed by atoms with Crippen LogP contribution in [-0.4, -0.2) is 11.0 Å². The van der Waals surface area contributed by atoms with Gasteiger partial charge in [0.15, 0.2) is 0 Å². The fraction of sp³-hybridized carbons (Fsp3) is 0.571. The van der Waals surface area contributed by atoms with Gasteiger partial charge in [0.1, 0.15) is 11.5 Å². The van der Waals surface area contributed by atoms with E-state index in [-0.39, 0.29) is 27.9 Å². The van der Waals surface area contributed by atoms with Gasteiger partial charge in [0, 0.05) is 18.2 Å². The van der Waals surface area contributed by atoms with Crippen LogP contribution in [0.2, 0.25) is 5.02 Å². The quantitative estimate of drug-likeness (QED) is 0.646. The fourth-order valence-corrected chi connectivity index (χ4v) is 3.00. The van der Waals surface area contributed by atoms with Crippen molar-refractivity contribution in [3.8, 4) is 0 Å². The van der Waals surface area contributed by atoms with Crippen LogP contribution in [0.3, 0.4) is 0 Å². The SMILES string of the molecule is CC1(C)CCCC(Nc2cc(F)c(Cl)cc2[N+](=O)[O-])C1. The summed E-state index contributed by atoms with van der Waals surface area (Å²) in [5, 5.41) is 13.9. The van der Waals surface area contributed by atoms with E-state index in [1.807, 2.05) is 0 Å². The maximum atomic E-state index is 13.5. The molecular formula is C14H18ClFN2O2. The van der Waals surface area contributed by atoms with Crippen LogP contribution in [0.4, 0.5) is 15.8 Å². The van der Waals surface area contributed by atoms with Crippen LogP contribution < -0.4 is 5.32 Å². The summed E-state index contributed by atoms with van der Waals surface area (Å²) in [6.07, 6.45) is 4.05. The van der Waals surface area contributed by atoms with Crippen molar-refractivity contribution in [2.45, 2.75) is 45.6 Å². The van der Waals surface area contributed by atoms with E-state index in [1.165, 1.54) is 0 Å². The van der Waals surface area contributed by atoms with Crippen LogP contribution in [0.1, 0.15) is 39.5 Å². The Bertz CT molecular complexity index is 534. The molecule has 2 rings (SSSR count). The molecule has 1 aliphatic rings. The smallest absolute Gasteiger partial charge is 0.294 e. The van der Waals surface area contributed by atoms with E-state index < -0.39 is 10.7 Å². The van der Waals surface area contributed by atoms with E-state index in [2.05, 4.69) is 19.2 Å². The number of hydrogen-bond acceptors (Lipinski definition) is 3. The van der Waals surface area contributed by atoms with E-state index >= 15 is 0 Å². The van der Waals surface area contributed by atoms with Crippen molar-refractivity contribution in [3.05, 3.63) is 33.1 Å². The van der Waals surface area contributed by atoms with Crippen LogP contribution in [-0.2, 0) is 0 Å². The summed E-state index contributed by atoms with van der Waals surface area (Å²) in [6.45, 7) is 4.36. The number of anilines is 1. The van der Waals surface area contributed by atoms with Crippen LogP contribution in [0.15, 0.2) is 12.1 Å². The molecule has 0 radical (unpaired) electrons. The number of nitro benzene ring substituents is 1. The van der Waals surface area contributed by atoms with Gasteiger partial charge in [-0.15, -0.1) is 0 Å². The lowest BCUT2D eigenvalue weighted by molar-refractivity contribution is -0.384. The summed E-state index contributed by atoms with van der Waals surface area (Å²) in [7, 11) is 0. The third kappa shape index (κ3) is 3.39. The summed E-state index contributed by atoms with van der Waals surface area (Å²) < 4.78 is 13.5. The normalized spacial score (nSPS) is 21.5. The second-order valence-corrected chi connectivity index (χ2v) is 6.55. The van der Waals surface area contributed by atoms with Crippen molar-refractivity contribution >= 4 is 23.0 Å². The monoisotopic (exact) mass is 300 g/mol. The summed E-state index contributed by atoms with van der Waals surface area (Å²) in [5.74, 6) is -0.644. The Morgan fingerprint density at radius 3 is 2.80 bits per heavy atom. The molecule has 0 saturated heterocycles. The molecule has 1 aliphatic carbocycles. The minimum Gasteiger partial charge on any atom is -0.377 e. The first-order valence-corrected chi connectivity index (χ1v) is 7.06. The molecule has 1 fully saturated rings. The van der Waals surface area contributed by atoms with Gasteiger partial charge in [-0.25, -0.2) is 4.39 Å². The van der Waals surface area contributed by atoms with Crippen LogP contribution in [0, 0.1) is 21.3 Å². The molecule has 0 heterocycles. The highest BCUT2D eigenvalue weighted by Crippen LogP contribution is 2.38. The highest BCUT2D eigenvalue weighted by Gasteiger charge is 2.29. The number of hydrogen-bond donors (Lipinski definition) is 1. The average Bonchev–Trinajstić information content (AvgIpc) is 2.32. The topological polar surface area (TPSA) is 55.2 Å². The lowest BCUT2D eigenvalue weighted by atomic mass is 9.75. The third-order valence-electron chi connectivity index (χ3n) is 3.80. The van der Waals surface area contributed by atoms with E-state index in [1.54, 1.807) is 0 Å². The molecule has 1 aromatic rings. The maximum Gasteiger partial charge on any atom is 0.294 e. The number of nitrogens with one attached hydrogen (secondary N) is 1. The molecule has 4 nitrogen and oxygen atoms in total. The molecule has 0 aromatic heterocycles. The van der Waals surface area contributed by atoms with Gasteiger partial charge in [0.05, 0.1) is 9.95 Å². The molecule has 0 aliphatic heterocycles. The van der Waals surface area contributed by atoms with Crippen molar-refractivity contribution in [1.29, 1.82) is 0 Å². The van der Waals surface area contributed by atoms with Crippen LogP contribution in [0.5, 0.6) is 0 Å². The lowest BCUT2D eigenvalue weighted by Gasteiger charge is -2.35. The zero-order valence-electron chi connectivity index (χ0n) is 11.6. The second kappa shape index (κ2) is 5.56. The van der Waals surface area contributed by atoms with Gasteiger partial charge in [-0.3, -0.25) is 10.1 Å². The molecule has 1 saturated carbocycles. The Hall–Kier alpha value is -1.36. The Labute approximate surface area is 122 Å². The summed E-state index contributed by atoms with van der Waals surface area (Å²) in [6, 6.07) is 2.30. The molecule has 20 heavy (non-hydrogen) atoms. The van der Waals surface area contributed by atoms with Gasteiger partial charge >= 0.3 is 0 Å². The molecule has 6 heteroatoms. The largest absolute Gasteiger partial charge is 0.377 e. The number of nitro groups is 1. The van der Waals surface area contributed by atoms with Crippen LogP contribution >= 0.6 is 11.6 Å².